The monoisotopic (exact) mass is 215 g/mol. The van der Waals surface area contributed by atoms with Gasteiger partial charge < -0.3 is 10.1 Å². The molecule has 0 saturated carbocycles. The van der Waals surface area contributed by atoms with Crippen molar-refractivity contribution < 1.29 is 4.74 Å². The van der Waals surface area contributed by atoms with E-state index in [2.05, 4.69) is 33.0 Å². The highest BCUT2D eigenvalue weighted by atomic mass is 16.5. The van der Waals surface area contributed by atoms with Gasteiger partial charge in [0.05, 0.1) is 0 Å². The molecule has 0 aromatic heterocycles. The molecule has 1 N–H and O–H groups in total. The van der Waals surface area contributed by atoms with E-state index in [9.17, 15) is 0 Å². The van der Waals surface area contributed by atoms with Gasteiger partial charge in [-0.05, 0) is 32.2 Å². The standard InChI is InChI=1S/C13H29NO/c1-5-7-10-15-11-8-9-14-13(4)12(3)6-2/h12-14H,5-11H2,1-4H3. The van der Waals surface area contributed by atoms with Crippen molar-refractivity contribution in [2.24, 2.45) is 5.92 Å². The Bertz CT molecular complexity index is 128. The maximum Gasteiger partial charge on any atom is 0.0478 e. The molecule has 92 valence electrons. The van der Waals surface area contributed by atoms with Gasteiger partial charge in [-0.3, -0.25) is 0 Å². The van der Waals surface area contributed by atoms with Crippen molar-refractivity contribution in [3.8, 4) is 0 Å². The zero-order valence-electron chi connectivity index (χ0n) is 11.0. The molecule has 15 heavy (non-hydrogen) atoms. The lowest BCUT2D eigenvalue weighted by Gasteiger charge is -2.19. The lowest BCUT2D eigenvalue weighted by atomic mass is 10.0. The summed E-state index contributed by atoms with van der Waals surface area (Å²) in [6, 6.07) is 0.630. The number of hydrogen-bond acceptors (Lipinski definition) is 2. The predicted octanol–water partition coefficient (Wildman–Crippen LogP) is 3.22. The number of rotatable bonds is 10. The Morgan fingerprint density at radius 2 is 1.73 bits per heavy atom. The van der Waals surface area contributed by atoms with E-state index in [-0.39, 0.29) is 0 Å². The zero-order valence-corrected chi connectivity index (χ0v) is 11.0. The van der Waals surface area contributed by atoms with Gasteiger partial charge in [0.2, 0.25) is 0 Å². The molecule has 2 atom stereocenters. The van der Waals surface area contributed by atoms with Crippen LogP contribution in [0, 0.1) is 5.92 Å². The average Bonchev–Trinajstić information content (AvgIpc) is 2.26. The first-order chi connectivity index (χ1) is 7.22. The Morgan fingerprint density at radius 1 is 1.07 bits per heavy atom. The minimum atomic E-state index is 0.630. The fraction of sp³-hybridized carbons (Fsp3) is 1.00. The number of unbranched alkanes of at least 4 members (excludes halogenated alkanes) is 1. The zero-order chi connectivity index (χ0) is 11.5. The summed E-state index contributed by atoms with van der Waals surface area (Å²) in [5.74, 6) is 0.769. The molecule has 0 amide bonds. The second-order valence-corrected chi connectivity index (χ2v) is 4.45. The molecule has 0 rings (SSSR count). The Balaban J connectivity index is 3.16. The molecule has 0 saturated heterocycles. The minimum Gasteiger partial charge on any atom is -0.381 e. The van der Waals surface area contributed by atoms with Gasteiger partial charge in [0.25, 0.3) is 0 Å². The van der Waals surface area contributed by atoms with Gasteiger partial charge >= 0.3 is 0 Å². The van der Waals surface area contributed by atoms with Crippen molar-refractivity contribution in [2.45, 2.75) is 59.4 Å². The molecule has 0 spiro atoms. The summed E-state index contributed by atoms with van der Waals surface area (Å²) in [6.07, 6.45) is 4.80. The molecule has 2 nitrogen and oxygen atoms in total. The summed E-state index contributed by atoms with van der Waals surface area (Å²) < 4.78 is 5.50. The van der Waals surface area contributed by atoms with Gasteiger partial charge in [-0.25, -0.2) is 0 Å². The van der Waals surface area contributed by atoms with Crippen molar-refractivity contribution in [1.29, 1.82) is 0 Å². The molecule has 0 aliphatic carbocycles. The summed E-state index contributed by atoms with van der Waals surface area (Å²) in [5.41, 5.74) is 0. The molecule has 0 aliphatic heterocycles. The van der Waals surface area contributed by atoms with Crippen LogP contribution in [-0.4, -0.2) is 25.8 Å². The third kappa shape index (κ3) is 8.88. The van der Waals surface area contributed by atoms with Crippen molar-refractivity contribution in [1.82, 2.24) is 5.32 Å². The SMILES string of the molecule is CCCCOCCCNC(C)C(C)CC. The third-order valence-electron chi connectivity index (χ3n) is 3.07. The molecule has 0 aromatic rings. The Hall–Kier alpha value is -0.0800. The van der Waals surface area contributed by atoms with Crippen molar-refractivity contribution >= 4 is 0 Å². The van der Waals surface area contributed by atoms with E-state index < -0.39 is 0 Å². The molecule has 0 bridgehead atoms. The first kappa shape index (κ1) is 14.9. The highest BCUT2D eigenvalue weighted by Crippen LogP contribution is 2.06. The first-order valence-corrected chi connectivity index (χ1v) is 6.53. The van der Waals surface area contributed by atoms with E-state index >= 15 is 0 Å². The highest BCUT2D eigenvalue weighted by Gasteiger charge is 2.07. The van der Waals surface area contributed by atoms with Gasteiger partial charge in [0, 0.05) is 19.3 Å². The molecule has 0 fully saturated rings. The van der Waals surface area contributed by atoms with Gasteiger partial charge in [0.1, 0.15) is 0 Å². The molecular formula is C13H29NO. The molecule has 2 unspecified atom stereocenters. The van der Waals surface area contributed by atoms with E-state index in [1.807, 2.05) is 0 Å². The fourth-order valence-corrected chi connectivity index (χ4v) is 1.41. The van der Waals surface area contributed by atoms with Crippen LogP contribution in [0.3, 0.4) is 0 Å². The molecule has 0 aromatic carbocycles. The second-order valence-electron chi connectivity index (χ2n) is 4.45. The van der Waals surface area contributed by atoms with Crippen LogP contribution in [0.1, 0.15) is 53.4 Å². The van der Waals surface area contributed by atoms with Crippen LogP contribution in [0.2, 0.25) is 0 Å². The molecular weight excluding hydrogens is 186 g/mol. The lowest BCUT2D eigenvalue weighted by Crippen LogP contribution is -2.33. The summed E-state index contributed by atoms with van der Waals surface area (Å²) in [4.78, 5) is 0. The average molecular weight is 215 g/mol. The van der Waals surface area contributed by atoms with Crippen LogP contribution in [-0.2, 0) is 4.74 Å². The van der Waals surface area contributed by atoms with Crippen LogP contribution < -0.4 is 5.32 Å². The van der Waals surface area contributed by atoms with Gasteiger partial charge in [0.15, 0.2) is 0 Å². The smallest absolute Gasteiger partial charge is 0.0478 e. The lowest BCUT2D eigenvalue weighted by molar-refractivity contribution is 0.128. The van der Waals surface area contributed by atoms with Crippen molar-refractivity contribution in [3.05, 3.63) is 0 Å². The van der Waals surface area contributed by atoms with E-state index in [4.69, 9.17) is 4.74 Å². The maximum absolute atomic E-state index is 5.50. The molecule has 0 heterocycles. The number of hydrogen-bond donors (Lipinski definition) is 1. The van der Waals surface area contributed by atoms with Gasteiger partial charge in [-0.1, -0.05) is 33.6 Å². The second kappa shape index (κ2) is 10.4. The summed E-state index contributed by atoms with van der Waals surface area (Å²) in [7, 11) is 0. The molecule has 2 heteroatoms. The summed E-state index contributed by atoms with van der Waals surface area (Å²) >= 11 is 0. The maximum atomic E-state index is 5.50. The van der Waals surface area contributed by atoms with Crippen molar-refractivity contribution in [2.75, 3.05) is 19.8 Å². The highest BCUT2D eigenvalue weighted by molar-refractivity contribution is 4.66. The Kier molecular flexibility index (Phi) is 10.4. The summed E-state index contributed by atoms with van der Waals surface area (Å²) in [6.45, 7) is 11.9. The fourth-order valence-electron chi connectivity index (χ4n) is 1.41. The van der Waals surface area contributed by atoms with E-state index in [1.165, 1.54) is 19.3 Å². The largest absolute Gasteiger partial charge is 0.381 e. The Morgan fingerprint density at radius 3 is 2.33 bits per heavy atom. The number of nitrogens with one attached hydrogen (secondary N) is 1. The number of ether oxygens (including phenoxy) is 1. The summed E-state index contributed by atoms with van der Waals surface area (Å²) in [5, 5.41) is 3.54. The van der Waals surface area contributed by atoms with E-state index in [1.54, 1.807) is 0 Å². The third-order valence-corrected chi connectivity index (χ3v) is 3.07. The molecule has 0 aliphatic rings. The predicted molar refractivity (Wildman–Crippen MR) is 67.3 cm³/mol. The van der Waals surface area contributed by atoms with Crippen LogP contribution in [0.4, 0.5) is 0 Å². The topological polar surface area (TPSA) is 21.3 Å². The van der Waals surface area contributed by atoms with Crippen LogP contribution in [0.25, 0.3) is 0 Å². The van der Waals surface area contributed by atoms with Gasteiger partial charge in [-0.15, -0.1) is 0 Å². The molecule has 0 radical (unpaired) electrons. The van der Waals surface area contributed by atoms with Crippen LogP contribution >= 0.6 is 0 Å². The minimum absolute atomic E-state index is 0.630. The van der Waals surface area contributed by atoms with Crippen molar-refractivity contribution in [3.63, 3.8) is 0 Å². The van der Waals surface area contributed by atoms with Crippen LogP contribution in [0.15, 0.2) is 0 Å². The quantitative estimate of drug-likeness (QED) is 0.565. The van der Waals surface area contributed by atoms with E-state index in [0.29, 0.717) is 6.04 Å². The van der Waals surface area contributed by atoms with E-state index in [0.717, 1.165) is 32.1 Å². The Labute approximate surface area is 95.8 Å². The van der Waals surface area contributed by atoms with Gasteiger partial charge in [-0.2, -0.15) is 0 Å². The first-order valence-electron chi connectivity index (χ1n) is 6.53. The normalized spacial score (nSPS) is 15.2. The van der Waals surface area contributed by atoms with Crippen LogP contribution in [0.5, 0.6) is 0 Å².